The Bertz CT molecular complexity index is 1350. The van der Waals surface area contributed by atoms with Crippen molar-refractivity contribution in [3.05, 3.63) is 85.1 Å². The molecule has 6 nitrogen and oxygen atoms in total. The Morgan fingerprint density at radius 1 is 0.300 bits per heavy atom. The molecule has 0 fully saturated rings. The number of ether oxygens (including phenoxy) is 3. The van der Waals surface area contributed by atoms with Crippen LogP contribution in [-0.2, 0) is 28.6 Å². The van der Waals surface area contributed by atoms with E-state index in [1.165, 1.54) is 148 Å². The fourth-order valence-electron chi connectivity index (χ4n) is 8.26. The number of allylic oxidation sites excluding steroid dienone is 14. The highest BCUT2D eigenvalue weighted by Crippen LogP contribution is 2.15. The van der Waals surface area contributed by atoms with Crippen molar-refractivity contribution in [2.45, 2.75) is 290 Å². The lowest BCUT2D eigenvalue weighted by Crippen LogP contribution is -2.30. The molecule has 0 amide bonds. The van der Waals surface area contributed by atoms with Crippen molar-refractivity contribution in [3.63, 3.8) is 0 Å². The molecule has 1 unspecified atom stereocenters. The summed E-state index contributed by atoms with van der Waals surface area (Å²) in [6, 6.07) is 0. The zero-order chi connectivity index (χ0) is 50.7. The lowest BCUT2D eigenvalue weighted by Gasteiger charge is -2.18. The van der Waals surface area contributed by atoms with Gasteiger partial charge in [0.25, 0.3) is 0 Å². The number of rotatable bonds is 53. The van der Waals surface area contributed by atoms with E-state index in [2.05, 4.69) is 87.6 Å². The van der Waals surface area contributed by atoms with E-state index in [0.717, 1.165) is 96.3 Å². The van der Waals surface area contributed by atoms with E-state index in [0.29, 0.717) is 19.3 Å². The number of carbonyl (C=O) groups excluding carboxylic acids is 3. The molecule has 0 radical (unpaired) electrons. The summed E-state index contributed by atoms with van der Waals surface area (Å²) in [6.07, 6.45) is 75.7. The number of esters is 3. The minimum Gasteiger partial charge on any atom is -0.462 e. The Kier molecular flexibility index (Phi) is 55.3. The molecule has 0 bridgehead atoms. The van der Waals surface area contributed by atoms with Crippen LogP contribution in [0.1, 0.15) is 284 Å². The molecule has 0 aromatic rings. The van der Waals surface area contributed by atoms with E-state index >= 15 is 0 Å². The van der Waals surface area contributed by atoms with Gasteiger partial charge in [-0.2, -0.15) is 0 Å². The van der Waals surface area contributed by atoms with E-state index in [9.17, 15) is 14.4 Å². The summed E-state index contributed by atoms with van der Waals surface area (Å²) < 4.78 is 16.9. The van der Waals surface area contributed by atoms with E-state index < -0.39 is 6.10 Å². The van der Waals surface area contributed by atoms with Crippen LogP contribution >= 0.6 is 0 Å². The SMILES string of the molecule is CC\C=C/C=C\C=C/C=C\CCCCCCCC(=O)OCC(COC(=O)CCCCCCCCCCCC/C=C\C=C/CCCCC)OC(=O)CCCCCCC/C=C\CCCCCCCCCCC. The van der Waals surface area contributed by atoms with Gasteiger partial charge in [-0.3, -0.25) is 14.4 Å². The molecule has 0 aliphatic carbocycles. The lowest BCUT2D eigenvalue weighted by molar-refractivity contribution is -0.167. The van der Waals surface area contributed by atoms with Crippen molar-refractivity contribution in [1.29, 1.82) is 0 Å². The van der Waals surface area contributed by atoms with E-state index in [1.807, 2.05) is 18.2 Å². The number of unbranched alkanes of at least 4 members (excludes halogenated alkanes) is 32. The van der Waals surface area contributed by atoms with Crippen LogP contribution in [-0.4, -0.2) is 37.2 Å². The summed E-state index contributed by atoms with van der Waals surface area (Å²) in [4.78, 5) is 38.2. The third-order valence-electron chi connectivity index (χ3n) is 12.7. The Hall–Kier alpha value is -3.41. The van der Waals surface area contributed by atoms with Crippen LogP contribution in [0, 0.1) is 0 Å². The van der Waals surface area contributed by atoms with Gasteiger partial charge in [-0.15, -0.1) is 0 Å². The molecule has 0 aliphatic rings. The Morgan fingerprint density at radius 3 is 0.957 bits per heavy atom. The smallest absolute Gasteiger partial charge is 0.306 e. The monoisotopic (exact) mass is 975 g/mol. The summed E-state index contributed by atoms with van der Waals surface area (Å²) in [7, 11) is 0. The summed E-state index contributed by atoms with van der Waals surface area (Å²) in [6.45, 7) is 6.47. The van der Waals surface area contributed by atoms with Crippen LogP contribution < -0.4 is 0 Å². The summed E-state index contributed by atoms with van der Waals surface area (Å²) in [5, 5.41) is 0. The highest BCUT2D eigenvalue weighted by Gasteiger charge is 2.19. The first-order chi connectivity index (χ1) is 34.5. The predicted molar refractivity (Wildman–Crippen MR) is 302 cm³/mol. The summed E-state index contributed by atoms with van der Waals surface area (Å²) in [5.74, 6) is -0.917. The molecular weight excluding hydrogens is 865 g/mol. The highest BCUT2D eigenvalue weighted by molar-refractivity contribution is 5.71. The van der Waals surface area contributed by atoms with Gasteiger partial charge in [-0.05, 0) is 89.9 Å². The molecule has 0 rings (SSSR count). The van der Waals surface area contributed by atoms with Gasteiger partial charge >= 0.3 is 17.9 Å². The predicted octanol–water partition coefficient (Wildman–Crippen LogP) is 19.9. The fraction of sp³-hybridized carbons (Fsp3) is 0.734. The fourth-order valence-corrected chi connectivity index (χ4v) is 8.26. The van der Waals surface area contributed by atoms with Crippen molar-refractivity contribution in [2.75, 3.05) is 13.2 Å². The minimum absolute atomic E-state index is 0.0891. The average Bonchev–Trinajstić information content (AvgIpc) is 3.36. The Labute approximate surface area is 433 Å². The first-order valence-electron chi connectivity index (χ1n) is 29.7. The maximum Gasteiger partial charge on any atom is 0.306 e. The van der Waals surface area contributed by atoms with Crippen molar-refractivity contribution in [3.8, 4) is 0 Å². The molecule has 0 aromatic heterocycles. The van der Waals surface area contributed by atoms with Crippen LogP contribution in [0.5, 0.6) is 0 Å². The number of hydrogen-bond acceptors (Lipinski definition) is 6. The zero-order valence-corrected chi connectivity index (χ0v) is 46.0. The van der Waals surface area contributed by atoms with Gasteiger partial charge in [-0.25, -0.2) is 0 Å². The van der Waals surface area contributed by atoms with Gasteiger partial charge < -0.3 is 14.2 Å². The Morgan fingerprint density at radius 2 is 0.571 bits per heavy atom. The Balaban J connectivity index is 4.41. The van der Waals surface area contributed by atoms with Crippen LogP contribution in [0.25, 0.3) is 0 Å². The van der Waals surface area contributed by atoms with Crippen LogP contribution in [0.3, 0.4) is 0 Å². The van der Waals surface area contributed by atoms with Crippen LogP contribution in [0.2, 0.25) is 0 Å². The number of hydrogen-bond donors (Lipinski definition) is 0. The van der Waals surface area contributed by atoms with Gasteiger partial charge in [0.15, 0.2) is 6.10 Å². The van der Waals surface area contributed by atoms with E-state index in [1.54, 1.807) is 0 Å². The second kappa shape index (κ2) is 58.2. The van der Waals surface area contributed by atoms with Crippen molar-refractivity contribution < 1.29 is 28.6 Å². The third kappa shape index (κ3) is 55.5. The maximum absolute atomic E-state index is 12.9. The quantitative estimate of drug-likeness (QED) is 0.0199. The number of carbonyl (C=O) groups is 3. The van der Waals surface area contributed by atoms with E-state index in [-0.39, 0.29) is 31.1 Å². The normalized spacial score (nSPS) is 12.7. The van der Waals surface area contributed by atoms with Gasteiger partial charge in [0, 0.05) is 19.3 Å². The standard InChI is InChI=1S/C64H110O6/c1-4-7-10-13-16-19-22-25-28-30-32-34-36-39-42-45-48-51-54-57-63(66)69-60-61(59-68-62(65)56-53-50-47-44-41-38-35-27-24-21-18-15-12-9-6-3)70-64(67)58-55-52-49-46-43-40-37-33-31-29-26-23-20-17-14-11-8-5-2/h9,12,15-16,18-19,21-22,24-25,27,33,35,37,61H,4-8,10-11,13-14,17,20,23,26,28-32,34,36,38-60H2,1-3H3/b12-9-,18-15-,19-16-,24-21-,25-22-,35-27-,37-33-. The molecule has 1 atom stereocenters. The van der Waals surface area contributed by atoms with Crippen LogP contribution in [0.4, 0.5) is 0 Å². The third-order valence-corrected chi connectivity index (χ3v) is 12.7. The molecule has 0 saturated carbocycles. The molecule has 0 spiro atoms. The molecule has 0 N–H and O–H groups in total. The maximum atomic E-state index is 12.9. The van der Waals surface area contributed by atoms with Crippen molar-refractivity contribution in [1.82, 2.24) is 0 Å². The average molecular weight is 976 g/mol. The lowest BCUT2D eigenvalue weighted by atomic mass is 10.1. The largest absolute Gasteiger partial charge is 0.462 e. The molecule has 0 saturated heterocycles. The van der Waals surface area contributed by atoms with Gasteiger partial charge in [-0.1, -0.05) is 260 Å². The van der Waals surface area contributed by atoms with E-state index in [4.69, 9.17) is 14.2 Å². The molecule has 0 aromatic carbocycles. The van der Waals surface area contributed by atoms with Gasteiger partial charge in [0.2, 0.25) is 0 Å². The van der Waals surface area contributed by atoms with Crippen LogP contribution in [0.15, 0.2) is 85.1 Å². The molecular formula is C64H110O6. The summed E-state index contributed by atoms with van der Waals surface area (Å²) in [5.41, 5.74) is 0. The van der Waals surface area contributed by atoms with Gasteiger partial charge in [0.05, 0.1) is 0 Å². The zero-order valence-electron chi connectivity index (χ0n) is 46.0. The molecule has 0 aliphatic heterocycles. The first kappa shape index (κ1) is 66.6. The van der Waals surface area contributed by atoms with Crippen molar-refractivity contribution >= 4 is 17.9 Å². The second-order valence-corrected chi connectivity index (χ2v) is 19.6. The molecule has 70 heavy (non-hydrogen) atoms. The minimum atomic E-state index is -0.793. The molecule has 0 heterocycles. The van der Waals surface area contributed by atoms with Gasteiger partial charge in [0.1, 0.15) is 13.2 Å². The highest BCUT2D eigenvalue weighted by atomic mass is 16.6. The molecule has 402 valence electrons. The van der Waals surface area contributed by atoms with Crippen molar-refractivity contribution in [2.24, 2.45) is 0 Å². The first-order valence-corrected chi connectivity index (χ1v) is 29.7. The summed E-state index contributed by atoms with van der Waals surface area (Å²) >= 11 is 0. The topological polar surface area (TPSA) is 78.9 Å². The molecule has 6 heteroatoms. The second-order valence-electron chi connectivity index (χ2n) is 19.6.